The molecule has 5 nitrogen and oxygen atoms in total. The first-order chi connectivity index (χ1) is 13.0. The van der Waals surface area contributed by atoms with Crippen molar-refractivity contribution in [3.8, 4) is 5.75 Å². The largest absolute Gasteiger partial charge is 0.508 e. The zero-order valence-electron chi connectivity index (χ0n) is 16.5. The summed E-state index contributed by atoms with van der Waals surface area (Å²) in [6.07, 6.45) is 6.13. The van der Waals surface area contributed by atoms with Gasteiger partial charge in [0.25, 0.3) is 0 Å². The molecule has 2 amide bonds. The number of ketones is 1. The van der Waals surface area contributed by atoms with Crippen LogP contribution in [0.25, 0.3) is 0 Å². The van der Waals surface area contributed by atoms with Crippen molar-refractivity contribution in [3.05, 3.63) is 29.8 Å². The van der Waals surface area contributed by atoms with E-state index in [-0.39, 0.29) is 29.5 Å². The topological polar surface area (TPSA) is 69.6 Å². The van der Waals surface area contributed by atoms with E-state index in [1.807, 2.05) is 4.90 Å². The first kappa shape index (κ1) is 19.7. The SMILES string of the molecule is CC(C)C1CCCCC1NC(=O)N1CCC(C(=O)c2ccc(O)cc2)CC1. The average molecular weight is 373 g/mol. The minimum atomic E-state index is -0.0447. The third-order valence-electron chi connectivity index (χ3n) is 6.29. The van der Waals surface area contributed by atoms with Crippen molar-refractivity contribution in [2.24, 2.45) is 17.8 Å². The molecule has 5 heteroatoms. The lowest BCUT2D eigenvalue weighted by Crippen LogP contribution is -2.51. The van der Waals surface area contributed by atoms with Crippen LogP contribution in [0.3, 0.4) is 0 Å². The molecule has 1 aliphatic carbocycles. The van der Waals surface area contributed by atoms with Crippen molar-refractivity contribution < 1.29 is 14.7 Å². The fourth-order valence-corrected chi connectivity index (χ4v) is 4.59. The Hall–Kier alpha value is -2.04. The molecule has 27 heavy (non-hydrogen) atoms. The van der Waals surface area contributed by atoms with E-state index in [2.05, 4.69) is 19.2 Å². The van der Waals surface area contributed by atoms with Crippen LogP contribution < -0.4 is 5.32 Å². The van der Waals surface area contributed by atoms with Gasteiger partial charge >= 0.3 is 6.03 Å². The monoisotopic (exact) mass is 372 g/mol. The molecule has 1 aromatic carbocycles. The smallest absolute Gasteiger partial charge is 0.317 e. The molecule has 3 rings (SSSR count). The van der Waals surface area contributed by atoms with Gasteiger partial charge in [0.2, 0.25) is 0 Å². The van der Waals surface area contributed by atoms with Gasteiger partial charge in [-0.1, -0.05) is 26.7 Å². The number of carbonyl (C=O) groups excluding carboxylic acids is 2. The number of rotatable bonds is 4. The van der Waals surface area contributed by atoms with Gasteiger partial charge in [-0.3, -0.25) is 4.79 Å². The molecule has 1 saturated heterocycles. The van der Waals surface area contributed by atoms with Crippen molar-refractivity contribution in [2.75, 3.05) is 13.1 Å². The Labute approximate surface area is 162 Å². The van der Waals surface area contributed by atoms with Crippen LogP contribution in [0.15, 0.2) is 24.3 Å². The van der Waals surface area contributed by atoms with E-state index in [0.29, 0.717) is 43.3 Å². The summed E-state index contributed by atoms with van der Waals surface area (Å²) in [5.41, 5.74) is 0.637. The highest BCUT2D eigenvalue weighted by Gasteiger charge is 2.32. The van der Waals surface area contributed by atoms with E-state index in [9.17, 15) is 14.7 Å². The van der Waals surface area contributed by atoms with E-state index < -0.39 is 0 Å². The molecule has 0 aromatic heterocycles. The van der Waals surface area contributed by atoms with Gasteiger partial charge < -0.3 is 15.3 Å². The van der Waals surface area contributed by atoms with Crippen LogP contribution in [0.4, 0.5) is 4.79 Å². The summed E-state index contributed by atoms with van der Waals surface area (Å²) in [4.78, 5) is 27.2. The van der Waals surface area contributed by atoms with Gasteiger partial charge in [-0.2, -0.15) is 0 Å². The number of Topliss-reactive ketones (excluding diaryl/α,β-unsaturated/α-hetero) is 1. The predicted octanol–water partition coefficient (Wildman–Crippen LogP) is 4.21. The highest BCUT2D eigenvalue weighted by atomic mass is 16.3. The van der Waals surface area contributed by atoms with Crippen LogP contribution in [-0.4, -0.2) is 41.0 Å². The number of hydrogen-bond donors (Lipinski definition) is 2. The molecule has 148 valence electrons. The second-order valence-electron chi connectivity index (χ2n) is 8.42. The minimum absolute atomic E-state index is 0.0306. The summed E-state index contributed by atoms with van der Waals surface area (Å²) in [5, 5.41) is 12.6. The molecule has 0 bridgehead atoms. The Morgan fingerprint density at radius 3 is 2.30 bits per heavy atom. The third kappa shape index (κ3) is 4.82. The summed E-state index contributed by atoms with van der Waals surface area (Å²) >= 11 is 0. The van der Waals surface area contributed by atoms with E-state index in [0.717, 1.165) is 6.42 Å². The molecule has 2 N–H and O–H groups in total. The quantitative estimate of drug-likeness (QED) is 0.778. The first-order valence-electron chi connectivity index (χ1n) is 10.3. The highest BCUT2D eigenvalue weighted by molar-refractivity contribution is 5.98. The summed E-state index contributed by atoms with van der Waals surface area (Å²) in [6.45, 7) is 5.74. The van der Waals surface area contributed by atoms with Crippen molar-refractivity contribution in [1.82, 2.24) is 10.2 Å². The van der Waals surface area contributed by atoms with Crippen molar-refractivity contribution in [1.29, 1.82) is 0 Å². The van der Waals surface area contributed by atoms with Crippen molar-refractivity contribution in [3.63, 3.8) is 0 Å². The molecule has 2 aliphatic rings. The van der Waals surface area contributed by atoms with Crippen LogP contribution in [0.5, 0.6) is 5.75 Å². The molecular weight excluding hydrogens is 340 g/mol. The summed E-state index contributed by atoms with van der Waals surface area (Å²) < 4.78 is 0. The van der Waals surface area contributed by atoms with E-state index in [1.54, 1.807) is 24.3 Å². The molecule has 1 aliphatic heterocycles. The maximum Gasteiger partial charge on any atom is 0.317 e. The molecule has 1 saturated carbocycles. The Bertz CT molecular complexity index is 648. The van der Waals surface area contributed by atoms with Crippen LogP contribution in [0.1, 0.15) is 62.7 Å². The maximum atomic E-state index is 12.7. The molecule has 2 unspecified atom stereocenters. The minimum Gasteiger partial charge on any atom is -0.508 e. The highest BCUT2D eigenvalue weighted by Crippen LogP contribution is 2.30. The number of benzene rings is 1. The molecule has 1 aromatic rings. The second kappa shape index (κ2) is 8.77. The number of phenolic OH excluding ortho intramolecular Hbond substituents is 1. The number of piperidine rings is 1. The van der Waals surface area contributed by atoms with Crippen LogP contribution in [0.2, 0.25) is 0 Å². The van der Waals surface area contributed by atoms with Crippen LogP contribution >= 0.6 is 0 Å². The lowest BCUT2D eigenvalue weighted by Gasteiger charge is -2.38. The number of hydrogen-bond acceptors (Lipinski definition) is 3. The number of phenols is 1. The lowest BCUT2D eigenvalue weighted by molar-refractivity contribution is 0.0849. The molecular formula is C22H32N2O3. The van der Waals surface area contributed by atoms with Crippen molar-refractivity contribution >= 4 is 11.8 Å². The number of likely N-dealkylation sites (tertiary alicyclic amines) is 1. The van der Waals surface area contributed by atoms with Gasteiger partial charge in [-0.15, -0.1) is 0 Å². The normalized spacial score (nSPS) is 24.0. The summed E-state index contributed by atoms with van der Waals surface area (Å²) in [6, 6.07) is 6.75. The third-order valence-corrected chi connectivity index (χ3v) is 6.29. The Morgan fingerprint density at radius 1 is 1.04 bits per heavy atom. The standard InChI is InChI=1S/C22H32N2O3/c1-15(2)19-5-3-4-6-20(19)23-22(27)24-13-11-17(12-14-24)21(26)16-7-9-18(25)10-8-16/h7-10,15,17,19-20,25H,3-6,11-14H2,1-2H3,(H,23,27). The number of aromatic hydroxyl groups is 1. The fraction of sp³-hybridized carbons (Fsp3) is 0.636. The summed E-state index contributed by atoms with van der Waals surface area (Å²) in [7, 11) is 0. The maximum absolute atomic E-state index is 12.7. The average Bonchev–Trinajstić information content (AvgIpc) is 2.68. The van der Waals surface area contributed by atoms with Gasteiger partial charge in [-0.25, -0.2) is 4.79 Å². The zero-order chi connectivity index (χ0) is 19.4. The first-order valence-corrected chi connectivity index (χ1v) is 10.3. The lowest BCUT2D eigenvalue weighted by atomic mass is 9.78. The number of nitrogens with zero attached hydrogens (tertiary/aromatic N) is 1. The van der Waals surface area contributed by atoms with E-state index in [1.165, 1.54) is 19.3 Å². The van der Waals surface area contributed by atoms with Crippen molar-refractivity contribution in [2.45, 2.75) is 58.4 Å². The summed E-state index contributed by atoms with van der Waals surface area (Å²) in [5.74, 6) is 1.39. The van der Waals surface area contributed by atoms with Gasteiger partial charge in [0, 0.05) is 30.6 Å². The zero-order valence-corrected chi connectivity index (χ0v) is 16.5. The number of nitrogens with one attached hydrogen (secondary N) is 1. The fourth-order valence-electron chi connectivity index (χ4n) is 4.59. The van der Waals surface area contributed by atoms with E-state index in [4.69, 9.17) is 0 Å². The number of amides is 2. The van der Waals surface area contributed by atoms with E-state index >= 15 is 0 Å². The molecule has 0 radical (unpaired) electrons. The van der Waals surface area contributed by atoms with Crippen LogP contribution in [-0.2, 0) is 0 Å². The number of carbonyl (C=O) groups is 2. The van der Waals surface area contributed by atoms with Gasteiger partial charge in [0.05, 0.1) is 0 Å². The molecule has 2 atom stereocenters. The van der Waals surface area contributed by atoms with Gasteiger partial charge in [-0.05, 0) is 61.8 Å². The molecule has 0 spiro atoms. The van der Waals surface area contributed by atoms with Gasteiger partial charge in [0.1, 0.15) is 5.75 Å². The Morgan fingerprint density at radius 2 is 1.67 bits per heavy atom. The second-order valence-corrected chi connectivity index (χ2v) is 8.42. The molecule has 2 fully saturated rings. The predicted molar refractivity (Wildman–Crippen MR) is 106 cm³/mol. The Kier molecular flexibility index (Phi) is 6.40. The van der Waals surface area contributed by atoms with Gasteiger partial charge in [0.15, 0.2) is 5.78 Å². The molecule has 1 heterocycles. The van der Waals surface area contributed by atoms with Crippen LogP contribution in [0, 0.1) is 17.8 Å². The Balaban J connectivity index is 1.51. The number of urea groups is 1.